The Labute approximate surface area is 253 Å². The van der Waals surface area contributed by atoms with Gasteiger partial charge in [-0.15, -0.1) is 0 Å². The zero-order valence-corrected chi connectivity index (χ0v) is 25.2. The van der Waals surface area contributed by atoms with Gasteiger partial charge in [0.15, 0.2) is 0 Å². The van der Waals surface area contributed by atoms with Gasteiger partial charge in [-0.2, -0.15) is 0 Å². The van der Waals surface area contributed by atoms with Gasteiger partial charge in [-0.05, 0) is 97.5 Å². The SMILES string of the molecule is CCCCCc1ccc(C(=O)N(Cc2ccc(-c3ccccc3)cc2)C(CCc2ccccc2)C2CCNCC2)cc1. The van der Waals surface area contributed by atoms with Crippen LogP contribution in [-0.2, 0) is 19.4 Å². The topological polar surface area (TPSA) is 32.3 Å². The number of nitrogens with zero attached hydrogens (tertiary/aromatic N) is 1. The highest BCUT2D eigenvalue weighted by atomic mass is 16.2. The molecule has 3 heteroatoms. The van der Waals surface area contributed by atoms with Crippen molar-refractivity contribution in [2.75, 3.05) is 13.1 Å². The third-order valence-electron chi connectivity index (χ3n) is 8.84. The summed E-state index contributed by atoms with van der Waals surface area (Å²) in [5, 5.41) is 3.54. The highest BCUT2D eigenvalue weighted by Crippen LogP contribution is 2.29. The lowest BCUT2D eigenvalue weighted by molar-refractivity contribution is 0.0534. The molecule has 1 N–H and O–H groups in total. The van der Waals surface area contributed by atoms with E-state index < -0.39 is 0 Å². The number of benzene rings is 4. The van der Waals surface area contributed by atoms with Crippen LogP contribution in [-0.4, -0.2) is 29.9 Å². The molecule has 0 saturated carbocycles. The zero-order chi connectivity index (χ0) is 29.0. The number of hydrogen-bond donors (Lipinski definition) is 1. The van der Waals surface area contributed by atoms with E-state index in [-0.39, 0.29) is 11.9 Å². The van der Waals surface area contributed by atoms with Gasteiger partial charge in [-0.3, -0.25) is 4.79 Å². The molecular formula is C39H46N2O. The lowest BCUT2D eigenvalue weighted by Gasteiger charge is -2.39. The van der Waals surface area contributed by atoms with Crippen molar-refractivity contribution >= 4 is 5.91 Å². The van der Waals surface area contributed by atoms with Crippen LogP contribution in [0.15, 0.2) is 109 Å². The summed E-state index contributed by atoms with van der Waals surface area (Å²) in [5.74, 6) is 0.634. The second kappa shape index (κ2) is 15.5. The minimum Gasteiger partial charge on any atom is -0.331 e. The number of nitrogens with one attached hydrogen (secondary N) is 1. The Morgan fingerprint density at radius 3 is 1.98 bits per heavy atom. The molecule has 1 aliphatic rings. The van der Waals surface area contributed by atoms with Gasteiger partial charge >= 0.3 is 0 Å². The van der Waals surface area contributed by atoms with Crippen LogP contribution in [0.5, 0.6) is 0 Å². The van der Waals surface area contributed by atoms with E-state index in [9.17, 15) is 4.79 Å². The number of unbranched alkanes of at least 4 members (excludes halogenated alkanes) is 2. The van der Waals surface area contributed by atoms with Crippen molar-refractivity contribution in [2.45, 2.75) is 70.9 Å². The van der Waals surface area contributed by atoms with Crippen LogP contribution in [0.25, 0.3) is 11.1 Å². The van der Waals surface area contributed by atoms with Crippen LogP contribution < -0.4 is 5.32 Å². The highest BCUT2D eigenvalue weighted by Gasteiger charge is 2.32. The third kappa shape index (κ3) is 8.20. The monoisotopic (exact) mass is 558 g/mol. The van der Waals surface area contributed by atoms with Crippen LogP contribution in [0.4, 0.5) is 0 Å². The number of rotatable bonds is 13. The molecule has 0 aliphatic carbocycles. The summed E-state index contributed by atoms with van der Waals surface area (Å²) in [5.41, 5.74) is 7.06. The first kappa shape index (κ1) is 29.8. The van der Waals surface area contributed by atoms with E-state index in [1.165, 1.54) is 47.1 Å². The summed E-state index contributed by atoms with van der Waals surface area (Å²) < 4.78 is 0. The van der Waals surface area contributed by atoms with Crippen molar-refractivity contribution in [3.05, 3.63) is 131 Å². The molecule has 4 aromatic rings. The van der Waals surface area contributed by atoms with Crippen molar-refractivity contribution in [3.63, 3.8) is 0 Å². The van der Waals surface area contributed by atoms with Gasteiger partial charge in [0.2, 0.25) is 0 Å². The van der Waals surface area contributed by atoms with E-state index in [4.69, 9.17) is 0 Å². The van der Waals surface area contributed by atoms with Gasteiger partial charge in [0.05, 0.1) is 0 Å². The standard InChI is InChI=1S/C39H46N2O/c1-2-3-6-11-32-16-23-37(24-17-32)39(42)41(30-33-18-21-35(22-19-33)34-14-9-5-10-15-34)38(36-26-28-40-29-27-36)25-20-31-12-7-4-8-13-31/h4-5,7-10,12-19,21-24,36,38,40H,2-3,6,11,20,25-30H2,1H3. The minimum absolute atomic E-state index is 0.152. The predicted octanol–water partition coefficient (Wildman–Crippen LogP) is 8.73. The maximum atomic E-state index is 14.4. The fourth-order valence-corrected chi connectivity index (χ4v) is 6.36. The third-order valence-corrected chi connectivity index (χ3v) is 8.84. The van der Waals surface area contributed by atoms with Gasteiger partial charge in [-0.25, -0.2) is 0 Å². The van der Waals surface area contributed by atoms with E-state index >= 15 is 0 Å². The maximum absolute atomic E-state index is 14.4. The van der Waals surface area contributed by atoms with Gasteiger partial charge < -0.3 is 10.2 Å². The fourth-order valence-electron chi connectivity index (χ4n) is 6.36. The molecule has 1 atom stereocenters. The summed E-state index contributed by atoms with van der Waals surface area (Å²) in [6.07, 6.45) is 8.90. The summed E-state index contributed by atoms with van der Waals surface area (Å²) in [6.45, 7) is 4.90. The second-order valence-corrected chi connectivity index (χ2v) is 11.8. The van der Waals surface area contributed by atoms with Gasteiger partial charge in [0.1, 0.15) is 0 Å². The normalized spacial score (nSPS) is 14.4. The zero-order valence-electron chi connectivity index (χ0n) is 25.2. The molecule has 5 rings (SSSR count). The molecule has 1 saturated heterocycles. The molecule has 1 unspecified atom stereocenters. The number of amides is 1. The predicted molar refractivity (Wildman–Crippen MR) is 176 cm³/mol. The Kier molecular flexibility index (Phi) is 11.0. The number of hydrogen-bond acceptors (Lipinski definition) is 2. The summed E-state index contributed by atoms with van der Waals surface area (Å²) >= 11 is 0. The second-order valence-electron chi connectivity index (χ2n) is 11.8. The minimum atomic E-state index is 0.152. The van der Waals surface area contributed by atoms with Crippen LogP contribution in [0.1, 0.15) is 72.5 Å². The van der Waals surface area contributed by atoms with Crippen molar-refractivity contribution < 1.29 is 4.79 Å². The van der Waals surface area contributed by atoms with E-state index in [0.717, 1.165) is 50.8 Å². The van der Waals surface area contributed by atoms with Gasteiger partial charge in [0.25, 0.3) is 5.91 Å². The van der Waals surface area contributed by atoms with Gasteiger partial charge in [0, 0.05) is 18.2 Å². The molecule has 4 aromatic carbocycles. The Morgan fingerprint density at radius 1 is 0.714 bits per heavy atom. The number of carbonyl (C=O) groups is 1. The highest BCUT2D eigenvalue weighted by molar-refractivity contribution is 5.94. The summed E-state index contributed by atoms with van der Waals surface area (Å²) in [4.78, 5) is 16.6. The first-order valence-corrected chi connectivity index (χ1v) is 16.0. The van der Waals surface area contributed by atoms with Crippen LogP contribution >= 0.6 is 0 Å². The van der Waals surface area contributed by atoms with Crippen molar-refractivity contribution in [2.24, 2.45) is 5.92 Å². The smallest absolute Gasteiger partial charge is 0.254 e. The van der Waals surface area contributed by atoms with E-state index in [1.54, 1.807) is 0 Å². The molecule has 0 bridgehead atoms. The van der Waals surface area contributed by atoms with E-state index in [1.807, 2.05) is 0 Å². The number of piperidine rings is 1. The molecule has 0 aromatic heterocycles. The number of aryl methyl sites for hydroxylation is 2. The van der Waals surface area contributed by atoms with Crippen molar-refractivity contribution in [3.8, 4) is 11.1 Å². The Morgan fingerprint density at radius 2 is 1.31 bits per heavy atom. The van der Waals surface area contributed by atoms with Crippen molar-refractivity contribution in [1.82, 2.24) is 10.2 Å². The lowest BCUT2D eigenvalue weighted by Crippen LogP contribution is -2.47. The Hall–Kier alpha value is -3.69. The Balaban J connectivity index is 1.42. The first-order chi connectivity index (χ1) is 20.7. The molecule has 1 amide bonds. The van der Waals surface area contributed by atoms with Gasteiger partial charge in [-0.1, -0.05) is 117 Å². The maximum Gasteiger partial charge on any atom is 0.254 e. The lowest BCUT2D eigenvalue weighted by atomic mass is 9.85. The summed E-state index contributed by atoms with van der Waals surface area (Å²) in [7, 11) is 0. The Bertz CT molecular complexity index is 1340. The summed E-state index contributed by atoms with van der Waals surface area (Å²) in [6, 6.07) is 38.7. The molecule has 0 radical (unpaired) electrons. The molecule has 1 fully saturated rings. The molecular weight excluding hydrogens is 512 g/mol. The van der Waals surface area contributed by atoms with E-state index in [2.05, 4.69) is 126 Å². The molecule has 42 heavy (non-hydrogen) atoms. The number of carbonyl (C=O) groups excluding carboxylic acids is 1. The molecule has 3 nitrogen and oxygen atoms in total. The largest absolute Gasteiger partial charge is 0.331 e. The van der Waals surface area contributed by atoms with Crippen LogP contribution in [0, 0.1) is 5.92 Å². The van der Waals surface area contributed by atoms with Crippen LogP contribution in [0.3, 0.4) is 0 Å². The average molecular weight is 559 g/mol. The molecule has 1 heterocycles. The first-order valence-electron chi connectivity index (χ1n) is 16.0. The average Bonchev–Trinajstić information content (AvgIpc) is 3.06. The van der Waals surface area contributed by atoms with Crippen molar-refractivity contribution in [1.29, 1.82) is 0 Å². The fraction of sp³-hybridized carbons (Fsp3) is 0.359. The molecule has 218 valence electrons. The molecule has 0 spiro atoms. The van der Waals surface area contributed by atoms with E-state index in [0.29, 0.717) is 12.5 Å². The molecule has 1 aliphatic heterocycles. The quantitative estimate of drug-likeness (QED) is 0.166. The van der Waals surface area contributed by atoms with Crippen LogP contribution in [0.2, 0.25) is 0 Å².